The predicted octanol–water partition coefficient (Wildman–Crippen LogP) is 2.05. The van der Waals surface area contributed by atoms with Crippen molar-refractivity contribution in [3.8, 4) is 0 Å². The Morgan fingerprint density at radius 2 is 1.62 bits per heavy atom. The third-order valence-corrected chi connectivity index (χ3v) is 4.28. The lowest BCUT2D eigenvalue weighted by Crippen LogP contribution is -3.08. The number of ether oxygens (including phenoxy) is 1. The molecule has 2 rings (SSSR count). The zero-order chi connectivity index (χ0) is 19.3. The summed E-state index contributed by atoms with van der Waals surface area (Å²) in [5, 5.41) is 3.03. The van der Waals surface area contributed by atoms with Crippen LogP contribution in [-0.2, 0) is 16.1 Å². The van der Waals surface area contributed by atoms with Crippen molar-refractivity contribution in [2.45, 2.75) is 27.3 Å². The number of likely N-dealkylation sites (N-methyl/N-ethyl adjacent to an activating group) is 1. The number of methoxy groups -OCH3 is 1. The van der Waals surface area contributed by atoms with E-state index in [0.29, 0.717) is 18.7 Å². The Labute approximate surface area is 155 Å². The second kappa shape index (κ2) is 8.63. The fraction of sp³-hybridized carbons (Fsp3) is 0.333. The molecule has 0 saturated carbocycles. The van der Waals surface area contributed by atoms with Gasteiger partial charge in [0.25, 0.3) is 5.91 Å². The topological polar surface area (TPSA) is 59.8 Å². The minimum absolute atomic E-state index is 0.0104. The minimum Gasteiger partial charge on any atom is -0.465 e. The van der Waals surface area contributed by atoms with Gasteiger partial charge in [-0.2, -0.15) is 0 Å². The lowest BCUT2D eigenvalue weighted by atomic mass is 10.1. The van der Waals surface area contributed by atoms with Crippen LogP contribution in [0.3, 0.4) is 0 Å². The van der Waals surface area contributed by atoms with Crippen LogP contribution in [0, 0.1) is 20.8 Å². The molecule has 2 aromatic carbocycles. The van der Waals surface area contributed by atoms with Crippen molar-refractivity contribution in [3.63, 3.8) is 0 Å². The van der Waals surface area contributed by atoms with E-state index >= 15 is 0 Å². The van der Waals surface area contributed by atoms with E-state index in [2.05, 4.69) is 24.4 Å². The molecule has 1 amide bonds. The molecule has 26 heavy (non-hydrogen) atoms. The molecule has 0 bridgehead atoms. The van der Waals surface area contributed by atoms with E-state index in [1.54, 1.807) is 12.1 Å². The summed E-state index contributed by atoms with van der Waals surface area (Å²) < 4.78 is 4.70. The van der Waals surface area contributed by atoms with Crippen LogP contribution in [0.4, 0.5) is 5.69 Å². The fourth-order valence-corrected chi connectivity index (χ4v) is 3.12. The third-order valence-electron chi connectivity index (χ3n) is 4.28. The van der Waals surface area contributed by atoms with Crippen molar-refractivity contribution in [1.82, 2.24) is 0 Å². The van der Waals surface area contributed by atoms with Gasteiger partial charge in [-0.05, 0) is 44.0 Å². The number of rotatable bonds is 6. The molecule has 2 aromatic rings. The van der Waals surface area contributed by atoms with Gasteiger partial charge in [0, 0.05) is 11.3 Å². The van der Waals surface area contributed by atoms with Crippen molar-refractivity contribution < 1.29 is 19.2 Å². The quantitative estimate of drug-likeness (QED) is 0.780. The molecule has 0 aliphatic heterocycles. The van der Waals surface area contributed by atoms with Crippen LogP contribution < -0.4 is 10.2 Å². The van der Waals surface area contributed by atoms with Gasteiger partial charge in [0.1, 0.15) is 6.54 Å². The molecule has 0 aliphatic rings. The standard InChI is InChI=1S/C21H26N2O3/c1-14-10-15(2)20(16(3)11-14)22-19(24)13-23(4)12-17-6-8-18(9-7-17)21(25)26-5/h6-11H,12-13H2,1-5H3,(H,22,24)/p+1. The first kappa shape index (κ1) is 19.7. The SMILES string of the molecule is COC(=O)c1ccc(C[NH+](C)CC(=O)Nc2c(C)cc(C)cc2C)cc1. The van der Waals surface area contributed by atoms with Gasteiger partial charge in [-0.3, -0.25) is 4.79 Å². The Hall–Kier alpha value is -2.66. The van der Waals surface area contributed by atoms with Gasteiger partial charge in [-0.25, -0.2) is 4.79 Å². The van der Waals surface area contributed by atoms with E-state index in [1.165, 1.54) is 12.7 Å². The Balaban J connectivity index is 1.94. The van der Waals surface area contributed by atoms with Crippen LogP contribution in [-0.4, -0.2) is 32.6 Å². The van der Waals surface area contributed by atoms with Gasteiger partial charge in [0.05, 0.1) is 19.7 Å². The number of hydrogen-bond acceptors (Lipinski definition) is 3. The highest BCUT2D eigenvalue weighted by atomic mass is 16.5. The summed E-state index contributed by atoms with van der Waals surface area (Å²) in [7, 11) is 3.34. The maximum absolute atomic E-state index is 12.4. The van der Waals surface area contributed by atoms with Crippen molar-refractivity contribution in [2.24, 2.45) is 0 Å². The van der Waals surface area contributed by atoms with Gasteiger partial charge in [0.15, 0.2) is 6.54 Å². The van der Waals surface area contributed by atoms with Crippen molar-refractivity contribution in [1.29, 1.82) is 0 Å². The number of carbonyl (C=O) groups is 2. The first-order chi connectivity index (χ1) is 12.3. The molecule has 138 valence electrons. The first-order valence-electron chi connectivity index (χ1n) is 8.66. The smallest absolute Gasteiger partial charge is 0.337 e. The summed E-state index contributed by atoms with van der Waals surface area (Å²) in [6, 6.07) is 11.4. The van der Waals surface area contributed by atoms with Crippen LogP contribution in [0.5, 0.6) is 0 Å². The lowest BCUT2D eigenvalue weighted by molar-refractivity contribution is -0.885. The van der Waals surface area contributed by atoms with Crippen molar-refractivity contribution in [2.75, 3.05) is 26.0 Å². The van der Waals surface area contributed by atoms with Gasteiger partial charge in [-0.1, -0.05) is 29.8 Å². The Morgan fingerprint density at radius 1 is 1.04 bits per heavy atom. The molecule has 1 unspecified atom stereocenters. The number of anilines is 1. The molecular weight excluding hydrogens is 328 g/mol. The second-order valence-electron chi connectivity index (χ2n) is 6.82. The summed E-state index contributed by atoms with van der Waals surface area (Å²) in [6.45, 7) is 7.13. The molecule has 0 fully saturated rings. The molecule has 0 aliphatic carbocycles. The molecule has 0 saturated heterocycles. The van der Waals surface area contributed by atoms with Gasteiger partial charge in [-0.15, -0.1) is 0 Å². The van der Waals surface area contributed by atoms with Crippen LogP contribution >= 0.6 is 0 Å². The van der Waals surface area contributed by atoms with E-state index in [4.69, 9.17) is 4.74 Å². The van der Waals surface area contributed by atoms with Crippen LogP contribution in [0.2, 0.25) is 0 Å². The molecule has 2 N–H and O–H groups in total. The van der Waals surface area contributed by atoms with Gasteiger partial charge < -0.3 is 15.0 Å². The molecule has 5 nitrogen and oxygen atoms in total. The number of hydrogen-bond donors (Lipinski definition) is 2. The van der Waals surface area contributed by atoms with Crippen molar-refractivity contribution >= 4 is 17.6 Å². The summed E-state index contributed by atoms with van der Waals surface area (Å²) in [4.78, 5) is 24.9. The summed E-state index contributed by atoms with van der Waals surface area (Å²) in [5.74, 6) is -0.357. The highest BCUT2D eigenvalue weighted by Crippen LogP contribution is 2.21. The Kier molecular flexibility index (Phi) is 6.52. The molecule has 0 spiro atoms. The maximum Gasteiger partial charge on any atom is 0.337 e. The minimum atomic E-state index is -0.347. The second-order valence-corrected chi connectivity index (χ2v) is 6.82. The maximum atomic E-state index is 12.4. The van der Waals surface area contributed by atoms with Gasteiger partial charge >= 0.3 is 5.97 Å². The summed E-state index contributed by atoms with van der Waals surface area (Å²) >= 11 is 0. The van der Waals surface area contributed by atoms with Crippen LogP contribution in [0.25, 0.3) is 0 Å². The number of esters is 1. The highest BCUT2D eigenvalue weighted by Gasteiger charge is 2.14. The summed E-state index contributed by atoms with van der Waals surface area (Å²) in [6.07, 6.45) is 0. The number of nitrogens with one attached hydrogen (secondary N) is 2. The Bertz CT molecular complexity index is 774. The number of quaternary nitrogens is 1. The van der Waals surface area contributed by atoms with Gasteiger partial charge in [0.2, 0.25) is 0 Å². The molecule has 1 atom stereocenters. The largest absolute Gasteiger partial charge is 0.465 e. The number of aryl methyl sites for hydroxylation is 3. The molecule has 0 heterocycles. The van der Waals surface area contributed by atoms with E-state index in [9.17, 15) is 9.59 Å². The lowest BCUT2D eigenvalue weighted by Gasteiger charge is -2.16. The average molecular weight is 355 g/mol. The molecule has 0 aromatic heterocycles. The van der Waals surface area contributed by atoms with E-state index < -0.39 is 0 Å². The first-order valence-corrected chi connectivity index (χ1v) is 8.66. The van der Waals surface area contributed by atoms with E-state index in [-0.39, 0.29) is 11.9 Å². The monoisotopic (exact) mass is 355 g/mol. The van der Waals surface area contributed by atoms with Crippen LogP contribution in [0.15, 0.2) is 36.4 Å². The fourth-order valence-electron chi connectivity index (χ4n) is 3.12. The summed E-state index contributed by atoms with van der Waals surface area (Å²) in [5.41, 5.74) is 5.83. The van der Waals surface area contributed by atoms with E-state index in [0.717, 1.165) is 27.3 Å². The average Bonchev–Trinajstić information content (AvgIpc) is 2.58. The number of amides is 1. The van der Waals surface area contributed by atoms with Crippen molar-refractivity contribution in [3.05, 3.63) is 64.2 Å². The normalized spacial score (nSPS) is 11.7. The number of benzene rings is 2. The third kappa shape index (κ3) is 5.17. The zero-order valence-electron chi connectivity index (χ0n) is 16.1. The predicted molar refractivity (Wildman–Crippen MR) is 103 cm³/mol. The highest BCUT2D eigenvalue weighted by molar-refractivity contribution is 5.93. The zero-order valence-corrected chi connectivity index (χ0v) is 16.1. The Morgan fingerprint density at radius 3 is 2.15 bits per heavy atom. The van der Waals surface area contributed by atoms with E-state index in [1.807, 2.05) is 33.0 Å². The molecular formula is C21H27N2O3+. The number of carbonyl (C=O) groups excluding carboxylic acids is 2. The van der Waals surface area contributed by atoms with Crippen LogP contribution in [0.1, 0.15) is 32.6 Å². The molecule has 5 heteroatoms. The molecule has 0 radical (unpaired) electrons.